The van der Waals surface area contributed by atoms with Crippen molar-refractivity contribution in [1.82, 2.24) is 0 Å². The summed E-state index contributed by atoms with van der Waals surface area (Å²) in [5.74, 6) is 0.513. The molecule has 3 aromatic rings. The summed E-state index contributed by atoms with van der Waals surface area (Å²) in [7, 11) is 0. The van der Waals surface area contributed by atoms with Crippen molar-refractivity contribution in [3.05, 3.63) is 85.6 Å². The molecule has 2 heterocycles. The molecule has 0 amide bonds. The highest BCUT2D eigenvalue weighted by Crippen LogP contribution is 2.47. The number of thiophene rings is 1. The molecule has 5 nitrogen and oxygen atoms in total. The van der Waals surface area contributed by atoms with Gasteiger partial charge in [0.25, 0.3) is 0 Å². The molecule has 1 aliphatic carbocycles. The third-order valence-electron chi connectivity index (χ3n) is 6.20. The van der Waals surface area contributed by atoms with Crippen molar-refractivity contribution in [2.75, 3.05) is 6.61 Å². The van der Waals surface area contributed by atoms with Gasteiger partial charge in [0.1, 0.15) is 17.1 Å². The highest BCUT2D eigenvalue weighted by atomic mass is 32.1. The molecule has 0 bridgehead atoms. The van der Waals surface area contributed by atoms with Crippen LogP contribution >= 0.6 is 11.3 Å². The molecular formula is C25H28O5S. The van der Waals surface area contributed by atoms with Crippen molar-refractivity contribution in [3.8, 4) is 5.75 Å². The van der Waals surface area contributed by atoms with Gasteiger partial charge in [0.2, 0.25) is 0 Å². The fraction of sp³-hybridized carbons (Fsp3) is 0.400. The van der Waals surface area contributed by atoms with Crippen molar-refractivity contribution in [2.24, 2.45) is 5.92 Å². The normalized spacial score (nSPS) is 16.7. The van der Waals surface area contributed by atoms with Gasteiger partial charge in [0.05, 0.1) is 12.2 Å². The van der Waals surface area contributed by atoms with Crippen molar-refractivity contribution >= 4 is 11.3 Å². The average Bonchev–Trinajstić information content (AvgIpc) is 3.53. The molecule has 3 N–H and O–H groups in total. The fourth-order valence-electron chi connectivity index (χ4n) is 4.08. The summed E-state index contributed by atoms with van der Waals surface area (Å²) in [5, 5.41) is 31.1. The Morgan fingerprint density at radius 1 is 1.19 bits per heavy atom. The van der Waals surface area contributed by atoms with Crippen LogP contribution in [0.2, 0.25) is 0 Å². The van der Waals surface area contributed by atoms with E-state index in [-0.39, 0.29) is 36.2 Å². The van der Waals surface area contributed by atoms with Crippen LogP contribution in [-0.2, 0) is 18.4 Å². The first-order valence-electron chi connectivity index (χ1n) is 10.8. The lowest BCUT2D eigenvalue weighted by Crippen LogP contribution is -2.31. The Bertz CT molecular complexity index is 1080. The smallest absolute Gasteiger partial charge is 0.343 e. The molecule has 31 heavy (non-hydrogen) atoms. The predicted octanol–water partition coefficient (Wildman–Crippen LogP) is 4.32. The van der Waals surface area contributed by atoms with Crippen molar-refractivity contribution in [3.63, 3.8) is 0 Å². The predicted molar refractivity (Wildman–Crippen MR) is 121 cm³/mol. The number of rotatable bonds is 9. The van der Waals surface area contributed by atoms with Crippen LogP contribution in [-0.4, -0.2) is 21.9 Å². The zero-order chi connectivity index (χ0) is 22.0. The Labute approximate surface area is 185 Å². The van der Waals surface area contributed by atoms with Crippen molar-refractivity contribution in [1.29, 1.82) is 0 Å². The number of hydrogen-bond acceptors (Lipinski definition) is 6. The van der Waals surface area contributed by atoms with E-state index in [0.29, 0.717) is 10.6 Å². The molecule has 0 aliphatic heterocycles. The molecule has 164 valence electrons. The van der Waals surface area contributed by atoms with E-state index in [9.17, 15) is 20.1 Å². The Hall–Kier alpha value is -2.41. The Morgan fingerprint density at radius 3 is 2.55 bits per heavy atom. The molecule has 1 saturated carbocycles. The highest BCUT2D eigenvalue weighted by Gasteiger charge is 2.45. The van der Waals surface area contributed by atoms with Crippen LogP contribution < -0.4 is 5.63 Å². The lowest BCUT2D eigenvalue weighted by molar-refractivity contribution is -0.0353. The summed E-state index contributed by atoms with van der Waals surface area (Å²) in [6.07, 6.45) is 3.54. The van der Waals surface area contributed by atoms with Crippen molar-refractivity contribution in [2.45, 2.75) is 50.5 Å². The number of aromatic hydroxyl groups is 1. The van der Waals surface area contributed by atoms with E-state index in [0.717, 1.165) is 36.1 Å². The first-order chi connectivity index (χ1) is 14.9. The monoisotopic (exact) mass is 440 g/mol. The summed E-state index contributed by atoms with van der Waals surface area (Å²) in [4.78, 5) is 14.2. The highest BCUT2D eigenvalue weighted by molar-refractivity contribution is 7.12. The van der Waals surface area contributed by atoms with E-state index in [4.69, 9.17) is 4.42 Å². The third kappa shape index (κ3) is 4.61. The molecule has 0 radical (unpaired) electrons. The quantitative estimate of drug-likeness (QED) is 0.461. The molecule has 4 rings (SSSR count). The van der Waals surface area contributed by atoms with E-state index in [1.54, 1.807) is 12.1 Å². The summed E-state index contributed by atoms with van der Waals surface area (Å²) in [6.45, 7) is 1.72. The van der Waals surface area contributed by atoms with E-state index in [1.807, 2.05) is 43.3 Å². The van der Waals surface area contributed by atoms with Crippen LogP contribution in [0.5, 0.6) is 5.75 Å². The van der Waals surface area contributed by atoms with Gasteiger partial charge in [-0.25, -0.2) is 4.79 Å². The second-order valence-corrected chi connectivity index (χ2v) is 9.56. The van der Waals surface area contributed by atoms with Gasteiger partial charge in [-0.2, -0.15) is 0 Å². The standard InChI is InChI=1S/C25H28O5S/c1-2-17(12-16-6-4-3-5-7-16)22-14-21(27)20(24(28)30-22)13-19-10-11-23(31-19)25(29,15-26)18-8-9-18/h3-7,10-11,14,17-18,26-27,29H,2,8-9,12-13,15H2,1H3/t17-,25-/m1/s1. The second kappa shape index (κ2) is 8.99. The topological polar surface area (TPSA) is 90.9 Å². The van der Waals surface area contributed by atoms with Gasteiger partial charge in [-0.1, -0.05) is 37.3 Å². The van der Waals surface area contributed by atoms with Gasteiger partial charge in [0, 0.05) is 28.2 Å². The molecule has 2 aromatic heterocycles. The van der Waals surface area contributed by atoms with Gasteiger partial charge in [-0.15, -0.1) is 11.3 Å². The molecule has 2 atom stereocenters. The Kier molecular flexibility index (Phi) is 6.32. The third-order valence-corrected chi connectivity index (χ3v) is 7.45. The maximum atomic E-state index is 12.7. The number of aliphatic hydroxyl groups is 2. The number of benzene rings is 1. The summed E-state index contributed by atoms with van der Waals surface area (Å²) in [6, 6.07) is 15.2. The molecule has 6 heteroatoms. The zero-order valence-corrected chi connectivity index (χ0v) is 18.4. The van der Waals surface area contributed by atoms with Gasteiger partial charge in [-0.3, -0.25) is 0 Å². The minimum atomic E-state index is -1.22. The molecule has 0 spiro atoms. The Balaban J connectivity index is 1.55. The van der Waals surface area contributed by atoms with Crippen LogP contribution in [0.15, 0.2) is 57.7 Å². The zero-order valence-electron chi connectivity index (χ0n) is 17.6. The molecule has 1 aliphatic rings. The van der Waals surface area contributed by atoms with E-state index >= 15 is 0 Å². The second-order valence-electron chi connectivity index (χ2n) is 8.39. The van der Waals surface area contributed by atoms with Crippen LogP contribution in [0.3, 0.4) is 0 Å². The fourth-order valence-corrected chi connectivity index (χ4v) is 5.26. The van der Waals surface area contributed by atoms with E-state index in [2.05, 4.69) is 0 Å². The Morgan fingerprint density at radius 2 is 1.94 bits per heavy atom. The van der Waals surface area contributed by atoms with E-state index < -0.39 is 11.2 Å². The van der Waals surface area contributed by atoms with Crippen molar-refractivity contribution < 1.29 is 19.7 Å². The molecule has 0 saturated heterocycles. The summed E-state index contributed by atoms with van der Waals surface area (Å²) < 4.78 is 5.63. The number of aliphatic hydroxyl groups excluding tert-OH is 1. The van der Waals surface area contributed by atoms with Gasteiger partial charge in [0.15, 0.2) is 0 Å². The molecular weight excluding hydrogens is 412 g/mol. The van der Waals surface area contributed by atoms with Crippen LogP contribution in [0, 0.1) is 5.92 Å². The first-order valence-corrected chi connectivity index (χ1v) is 11.6. The summed E-state index contributed by atoms with van der Waals surface area (Å²) >= 11 is 1.36. The first kappa shape index (κ1) is 21.8. The minimum Gasteiger partial charge on any atom is -0.507 e. The lowest BCUT2D eigenvalue weighted by atomic mass is 9.94. The maximum Gasteiger partial charge on any atom is 0.343 e. The largest absolute Gasteiger partial charge is 0.507 e. The number of hydrogen-bond donors (Lipinski definition) is 3. The van der Waals surface area contributed by atoms with Crippen LogP contribution in [0.4, 0.5) is 0 Å². The molecule has 1 aromatic carbocycles. The molecule has 1 fully saturated rings. The van der Waals surface area contributed by atoms with Crippen LogP contribution in [0.25, 0.3) is 0 Å². The summed E-state index contributed by atoms with van der Waals surface area (Å²) in [5.41, 5.74) is -0.383. The van der Waals surface area contributed by atoms with Gasteiger partial charge in [-0.05, 0) is 49.3 Å². The van der Waals surface area contributed by atoms with Gasteiger partial charge >= 0.3 is 5.63 Å². The maximum absolute atomic E-state index is 12.7. The van der Waals surface area contributed by atoms with Gasteiger partial charge < -0.3 is 19.7 Å². The minimum absolute atomic E-state index is 0.00138. The average molecular weight is 441 g/mol. The molecule has 0 unspecified atom stereocenters. The van der Waals surface area contributed by atoms with E-state index in [1.165, 1.54) is 11.3 Å². The SMILES string of the molecule is CC[C@H](Cc1ccccc1)c1cc(O)c(Cc2ccc([C@@](O)(CO)C3CC3)s2)c(=O)o1. The lowest BCUT2D eigenvalue weighted by Gasteiger charge is -2.24. The van der Waals surface area contributed by atoms with Crippen LogP contribution in [0.1, 0.15) is 58.7 Å².